The van der Waals surface area contributed by atoms with Crippen LogP contribution in [0, 0.1) is 10.1 Å². The first kappa shape index (κ1) is 19.9. The molecule has 0 aliphatic rings. The van der Waals surface area contributed by atoms with Crippen molar-refractivity contribution in [3.05, 3.63) is 34.4 Å². The van der Waals surface area contributed by atoms with Crippen LogP contribution in [-0.2, 0) is 14.8 Å². The van der Waals surface area contributed by atoms with Crippen LogP contribution in [0.2, 0.25) is 0 Å². The van der Waals surface area contributed by atoms with Crippen LogP contribution < -0.4 is 11.1 Å². The smallest absolute Gasteiger partial charge is 0.277 e. The summed E-state index contributed by atoms with van der Waals surface area (Å²) in [6, 6.07) is 4.26. The summed E-state index contributed by atoms with van der Waals surface area (Å²) in [7, 11) is -3.14. The lowest BCUT2D eigenvalue weighted by atomic mass is 10.3. The summed E-state index contributed by atoms with van der Waals surface area (Å²) in [5.74, 6) is -4.26. The van der Waals surface area contributed by atoms with E-state index in [4.69, 9.17) is 5.73 Å². The van der Waals surface area contributed by atoms with Gasteiger partial charge in [0.2, 0.25) is 15.9 Å². The number of benzene rings is 1. The molecule has 0 atom stereocenters. The highest BCUT2D eigenvalue weighted by molar-refractivity contribution is 7.89. The molecule has 0 aromatic heterocycles. The van der Waals surface area contributed by atoms with E-state index < -0.39 is 52.1 Å². The van der Waals surface area contributed by atoms with E-state index in [1.807, 2.05) is 5.32 Å². The van der Waals surface area contributed by atoms with Gasteiger partial charge < -0.3 is 11.1 Å². The van der Waals surface area contributed by atoms with Gasteiger partial charge in [-0.05, 0) is 6.07 Å². The third-order valence-corrected chi connectivity index (χ3v) is 4.75. The molecular formula is C12H16F2N4O5S. The molecule has 1 aromatic rings. The van der Waals surface area contributed by atoms with Crippen molar-refractivity contribution in [2.75, 3.05) is 26.7 Å². The van der Waals surface area contributed by atoms with Crippen LogP contribution in [0.1, 0.15) is 0 Å². The van der Waals surface area contributed by atoms with Gasteiger partial charge in [0.1, 0.15) is 0 Å². The van der Waals surface area contributed by atoms with Crippen molar-refractivity contribution in [1.29, 1.82) is 0 Å². The monoisotopic (exact) mass is 366 g/mol. The zero-order valence-corrected chi connectivity index (χ0v) is 13.4. The first-order valence-electron chi connectivity index (χ1n) is 6.55. The molecule has 134 valence electrons. The largest absolute Gasteiger partial charge is 0.349 e. The second-order valence-corrected chi connectivity index (χ2v) is 6.90. The number of likely N-dealkylation sites (N-methyl/N-ethyl adjacent to an activating group) is 1. The van der Waals surface area contributed by atoms with Gasteiger partial charge in [0.05, 0.1) is 29.5 Å². The highest BCUT2D eigenvalue weighted by atomic mass is 32.2. The molecule has 0 spiro atoms. The Morgan fingerprint density at radius 3 is 2.62 bits per heavy atom. The minimum atomic E-state index is -4.19. The molecule has 0 aliphatic heterocycles. The Hall–Kier alpha value is -2.18. The molecule has 9 nitrogen and oxygen atoms in total. The number of nitrogens with one attached hydrogen (secondary N) is 1. The van der Waals surface area contributed by atoms with Crippen LogP contribution in [0.3, 0.4) is 0 Å². The highest BCUT2D eigenvalue weighted by Crippen LogP contribution is 2.20. The molecule has 0 unspecified atom stereocenters. The maximum absolute atomic E-state index is 12.9. The summed E-state index contributed by atoms with van der Waals surface area (Å²) in [4.78, 5) is 21.1. The van der Waals surface area contributed by atoms with E-state index in [1.54, 1.807) is 0 Å². The van der Waals surface area contributed by atoms with Gasteiger partial charge >= 0.3 is 0 Å². The minimum Gasteiger partial charge on any atom is -0.349 e. The molecule has 0 aliphatic carbocycles. The van der Waals surface area contributed by atoms with E-state index in [9.17, 15) is 32.1 Å². The number of hydrogen-bond acceptors (Lipinski definition) is 6. The van der Waals surface area contributed by atoms with Crippen LogP contribution in [0.4, 0.5) is 14.5 Å². The zero-order valence-electron chi connectivity index (χ0n) is 12.6. The summed E-state index contributed by atoms with van der Waals surface area (Å²) >= 11 is 0. The average molecular weight is 366 g/mol. The molecular weight excluding hydrogens is 350 g/mol. The Morgan fingerprint density at radius 1 is 1.46 bits per heavy atom. The number of rotatable bonds is 8. The fourth-order valence-corrected chi connectivity index (χ4v) is 2.75. The van der Waals surface area contributed by atoms with Gasteiger partial charge in [-0.3, -0.25) is 14.9 Å². The van der Waals surface area contributed by atoms with Gasteiger partial charge in [-0.25, -0.2) is 17.2 Å². The number of nitrogens with zero attached hydrogens (tertiary/aromatic N) is 2. The minimum absolute atomic E-state index is 0.390. The van der Waals surface area contributed by atoms with E-state index in [1.165, 1.54) is 6.07 Å². The molecule has 12 heteroatoms. The van der Waals surface area contributed by atoms with E-state index >= 15 is 0 Å². The number of carbonyl (C=O) groups is 1. The molecule has 0 bridgehead atoms. The zero-order chi connectivity index (χ0) is 18.5. The van der Waals surface area contributed by atoms with Crippen molar-refractivity contribution in [2.45, 2.75) is 10.8 Å². The first-order valence-corrected chi connectivity index (χ1v) is 7.99. The summed E-state index contributed by atoms with van der Waals surface area (Å²) in [6.07, 6.45) is 0. The Morgan fingerprint density at radius 2 is 2.08 bits per heavy atom. The van der Waals surface area contributed by atoms with Crippen LogP contribution in [0.5, 0.6) is 0 Å². The molecule has 0 heterocycles. The number of amides is 1. The van der Waals surface area contributed by atoms with Crippen LogP contribution in [0.25, 0.3) is 0 Å². The summed E-state index contributed by atoms with van der Waals surface area (Å²) < 4.78 is 51.0. The predicted octanol–water partition coefficient (Wildman–Crippen LogP) is -0.0745. The molecule has 0 saturated heterocycles. The lowest BCUT2D eigenvalue weighted by Gasteiger charge is -2.18. The summed E-state index contributed by atoms with van der Waals surface area (Å²) in [6.45, 7) is -2.71. The van der Waals surface area contributed by atoms with Gasteiger partial charge in [0, 0.05) is 19.2 Å². The Kier molecular flexibility index (Phi) is 6.29. The second kappa shape index (κ2) is 7.59. The standard InChI is InChI=1S/C12H16F2N4O5S/c1-17(6-11(19)16-8-12(13,14)7-15)24(22,23)10-4-2-3-9(5-10)18(20)21/h2-5H,6-8,15H2,1H3,(H,16,19). The number of hydrogen-bond donors (Lipinski definition) is 2. The number of non-ortho nitro benzene ring substituents is 1. The molecule has 1 amide bonds. The van der Waals surface area contributed by atoms with Crippen molar-refractivity contribution in [2.24, 2.45) is 5.73 Å². The topological polar surface area (TPSA) is 136 Å². The third kappa shape index (κ3) is 5.18. The number of sulfonamides is 1. The molecule has 24 heavy (non-hydrogen) atoms. The predicted molar refractivity (Wildman–Crippen MR) is 79.9 cm³/mol. The lowest BCUT2D eigenvalue weighted by molar-refractivity contribution is -0.385. The van der Waals surface area contributed by atoms with E-state index in [-0.39, 0.29) is 4.90 Å². The Labute approximate surface area is 136 Å². The quantitative estimate of drug-likeness (QED) is 0.488. The van der Waals surface area contributed by atoms with Crippen molar-refractivity contribution in [1.82, 2.24) is 9.62 Å². The van der Waals surface area contributed by atoms with Crippen LogP contribution >= 0.6 is 0 Å². The fraction of sp³-hybridized carbons (Fsp3) is 0.417. The molecule has 0 fully saturated rings. The number of carbonyl (C=O) groups excluding carboxylic acids is 1. The summed E-state index contributed by atoms with van der Waals surface area (Å²) in [5.41, 5.74) is 4.38. The third-order valence-electron chi connectivity index (χ3n) is 2.95. The molecule has 1 aromatic carbocycles. The van der Waals surface area contributed by atoms with Crippen molar-refractivity contribution >= 4 is 21.6 Å². The van der Waals surface area contributed by atoms with Crippen molar-refractivity contribution in [3.63, 3.8) is 0 Å². The van der Waals surface area contributed by atoms with E-state index in [2.05, 4.69) is 0 Å². The van der Waals surface area contributed by atoms with Gasteiger partial charge in [-0.2, -0.15) is 4.31 Å². The second-order valence-electron chi connectivity index (χ2n) is 4.85. The van der Waals surface area contributed by atoms with Gasteiger partial charge in [-0.15, -0.1) is 0 Å². The SMILES string of the molecule is CN(CC(=O)NCC(F)(F)CN)S(=O)(=O)c1cccc([N+](=O)[O-])c1. The molecule has 1 rings (SSSR count). The number of halogens is 2. The van der Waals surface area contributed by atoms with Crippen molar-refractivity contribution < 1.29 is 26.9 Å². The normalized spacial score (nSPS) is 12.2. The maximum atomic E-state index is 12.9. The molecule has 0 saturated carbocycles. The van der Waals surface area contributed by atoms with E-state index in [0.29, 0.717) is 4.31 Å². The Bertz CT molecular complexity index is 726. The number of nitro groups is 1. The Balaban J connectivity index is 2.82. The van der Waals surface area contributed by atoms with Gasteiger partial charge in [0.25, 0.3) is 11.6 Å². The highest BCUT2D eigenvalue weighted by Gasteiger charge is 2.29. The average Bonchev–Trinajstić information content (AvgIpc) is 2.53. The fourth-order valence-electron chi connectivity index (χ4n) is 1.58. The maximum Gasteiger partial charge on any atom is 0.277 e. The van der Waals surface area contributed by atoms with E-state index in [0.717, 1.165) is 25.2 Å². The number of alkyl halides is 2. The van der Waals surface area contributed by atoms with Crippen LogP contribution in [-0.4, -0.2) is 56.2 Å². The van der Waals surface area contributed by atoms with Crippen LogP contribution in [0.15, 0.2) is 29.2 Å². The lowest BCUT2D eigenvalue weighted by Crippen LogP contribution is -2.45. The first-order chi connectivity index (χ1) is 11.0. The summed E-state index contributed by atoms with van der Waals surface area (Å²) in [5, 5.41) is 12.6. The number of nitro benzene ring substituents is 1. The molecule has 0 radical (unpaired) electrons. The van der Waals surface area contributed by atoms with Crippen molar-refractivity contribution in [3.8, 4) is 0 Å². The van der Waals surface area contributed by atoms with Gasteiger partial charge in [0.15, 0.2) is 0 Å². The molecule has 3 N–H and O–H groups in total. The van der Waals surface area contributed by atoms with Gasteiger partial charge in [-0.1, -0.05) is 6.07 Å². The number of nitrogens with two attached hydrogens (primary N) is 1.